The second kappa shape index (κ2) is 4.84. The molecule has 2 aromatic carbocycles. The number of hydrogen-bond donors (Lipinski definition) is 2. The number of aryl methyl sites for hydroxylation is 2. The molecule has 0 fully saturated rings. The molecule has 108 valence electrons. The van der Waals surface area contributed by atoms with Gasteiger partial charge >= 0.3 is 0 Å². The fourth-order valence-electron chi connectivity index (χ4n) is 2.76. The van der Waals surface area contributed by atoms with Crippen LogP contribution in [0.25, 0.3) is 33.8 Å². The predicted molar refractivity (Wildman–Crippen MR) is 88.6 cm³/mol. The van der Waals surface area contributed by atoms with E-state index in [1.54, 1.807) is 6.20 Å². The van der Waals surface area contributed by atoms with Crippen LogP contribution in [0, 0.1) is 13.8 Å². The van der Waals surface area contributed by atoms with E-state index in [4.69, 9.17) is 4.98 Å². The Bertz CT molecular complexity index is 949. The number of H-pyrrole nitrogens is 2. The SMILES string of the molecule is Cc1ccc2nc(-c3ccccc3-c3ncc[nH]3)[nH]c2c1C. The van der Waals surface area contributed by atoms with Crippen LogP contribution in [-0.2, 0) is 0 Å². The monoisotopic (exact) mass is 288 g/mol. The Morgan fingerprint density at radius 3 is 2.41 bits per heavy atom. The van der Waals surface area contributed by atoms with Crippen LogP contribution in [0.1, 0.15) is 11.1 Å². The summed E-state index contributed by atoms with van der Waals surface area (Å²) in [5, 5.41) is 0. The van der Waals surface area contributed by atoms with Crippen LogP contribution in [0.4, 0.5) is 0 Å². The molecule has 0 bridgehead atoms. The maximum atomic E-state index is 4.76. The van der Waals surface area contributed by atoms with Crippen molar-refractivity contribution in [2.75, 3.05) is 0 Å². The van der Waals surface area contributed by atoms with Crippen molar-refractivity contribution in [3.63, 3.8) is 0 Å². The molecule has 0 saturated heterocycles. The van der Waals surface area contributed by atoms with Gasteiger partial charge in [-0.15, -0.1) is 0 Å². The van der Waals surface area contributed by atoms with Crippen LogP contribution >= 0.6 is 0 Å². The van der Waals surface area contributed by atoms with Crippen LogP contribution < -0.4 is 0 Å². The maximum absolute atomic E-state index is 4.76. The van der Waals surface area contributed by atoms with Gasteiger partial charge in [-0.25, -0.2) is 9.97 Å². The van der Waals surface area contributed by atoms with Gasteiger partial charge < -0.3 is 9.97 Å². The van der Waals surface area contributed by atoms with Crippen molar-refractivity contribution in [1.82, 2.24) is 19.9 Å². The zero-order valence-electron chi connectivity index (χ0n) is 12.5. The van der Waals surface area contributed by atoms with Gasteiger partial charge in [0.25, 0.3) is 0 Å². The summed E-state index contributed by atoms with van der Waals surface area (Å²) >= 11 is 0. The van der Waals surface area contributed by atoms with E-state index in [0.29, 0.717) is 0 Å². The quantitative estimate of drug-likeness (QED) is 0.579. The van der Waals surface area contributed by atoms with Crippen molar-refractivity contribution < 1.29 is 0 Å². The lowest BCUT2D eigenvalue weighted by atomic mass is 10.1. The van der Waals surface area contributed by atoms with Gasteiger partial charge in [-0.3, -0.25) is 0 Å². The average molecular weight is 288 g/mol. The van der Waals surface area contributed by atoms with Crippen LogP contribution in [-0.4, -0.2) is 19.9 Å². The van der Waals surface area contributed by atoms with Crippen LogP contribution in [0.15, 0.2) is 48.8 Å². The van der Waals surface area contributed by atoms with E-state index in [-0.39, 0.29) is 0 Å². The van der Waals surface area contributed by atoms with E-state index in [9.17, 15) is 0 Å². The zero-order valence-corrected chi connectivity index (χ0v) is 12.5. The minimum Gasteiger partial charge on any atom is -0.345 e. The molecule has 2 N–H and O–H groups in total. The van der Waals surface area contributed by atoms with E-state index >= 15 is 0 Å². The first-order chi connectivity index (χ1) is 10.7. The Labute approximate surface area is 128 Å². The third-order valence-electron chi connectivity index (χ3n) is 4.13. The van der Waals surface area contributed by atoms with Crippen molar-refractivity contribution in [2.45, 2.75) is 13.8 Å². The van der Waals surface area contributed by atoms with Crippen molar-refractivity contribution in [3.8, 4) is 22.8 Å². The van der Waals surface area contributed by atoms with Crippen LogP contribution in [0.5, 0.6) is 0 Å². The molecule has 0 aliphatic heterocycles. The summed E-state index contributed by atoms with van der Waals surface area (Å²) in [6, 6.07) is 12.3. The molecule has 0 radical (unpaired) electrons. The molecule has 0 aliphatic rings. The van der Waals surface area contributed by atoms with E-state index in [0.717, 1.165) is 33.8 Å². The minimum atomic E-state index is 0.851. The third kappa shape index (κ3) is 1.92. The maximum Gasteiger partial charge on any atom is 0.139 e. The normalized spacial score (nSPS) is 11.2. The Morgan fingerprint density at radius 1 is 0.909 bits per heavy atom. The minimum absolute atomic E-state index is 0.851. The average Bonchev–Trinajstić information content (AvgIpc) is 3.20. The molecule has 4 aromatic rings. The van der Waals surface area contributed by atoms with Crippen LogP contribution in [0.2, 0.25) is 0 Å². The Morgan fingerprint density at radius 2 is 1.68 bits per heavy atom. The van der Waals surface area contributed by atoms with Gasteiger partial charge in [-0.05, 0) is 31.0 Å². The Kier molecular flexibility index (Phi) is 2.82. The number of nitrogens with one attached hydrogen (secondary N) is 2. The fraction of sp³-hybridized carbons (Fsp3) is 0.111. The van der Waals surface area contributed by atoms with E-state index < -0.39 is 0 Å². The zero-order chi connectivity index (χ0) is 15.1. The summed E-state index contributed by atoms with van der Waals surface area (Å²) in [5.41, 5.74) is 6.69. The Balaban J connectivity index is 1.95. The van der Waals surface area contributed by atoms with Crippen molar-refractivity contribution in [1.29, 1.82) is 0 Å². The van der Waals surface area contributed by atoms with Crippen molar-refractivity contribution in [3.05, 3.63) is 59.9 Å². The molecule has 0 aliphatic carbocycles. The summed E-state index contributed by atoms with van der Waals surface area (Å²) in [7, 11) is 0. The third-order valence-corrected chi connectivity index (χ3v) is 4.13. The molecule has 2 heterocycles. The molecule has 0 amide bonds. The molecule has 0 atom stereocenters. The van der Waals surface area contributed by atoms with E-state index in [2.05, 4.69) is 53.1 Å². The molecule has 0 unspecified atom stereocenters. The standard InChI is InChI=1S/C18H16N4/c1-11-7-8-15-16(12(11)2)22-18(21-15)14-6-4-3-5-13(14)17-19-9-10-20-17/h3-10H,1-2H3,(H,19,20)(H,21,22). The lowest BCUT2D eigenvalue weighted by molar-refractivity contribution is 1.28. The highest BCUT2D eigenvalue weighted by Gasteiger charge is 2.13. The number of fused-ring (bicyclic) bond motifs is 1. The predicted octanol–water partition coefficient (Wildman–Crippen LogP) is 4.24. The van der Waals surface area contributed by atoms with Gasteiger partial charge in [0.2, 0.25) is 0 Å². The molecular weight excluding hydrogens is 272 g/mol. The second-order valence-corrected chi connectivity index (χ2v) is 5.47. The molecule has 2 aromatic heterocycles. The van der Waals surface area contributed by atoms with Crippen molar-refractivity contribution in [2.24, 2.45) is 0 Å². The highest BCUT2D eigenvalue weighted by Crippen LogP contribution is 2.30. The van der Waals surface area contributed by atoms with Gasteiger partial charge in [-0.1, -0.05) is 30.3 Å². The number of nitrogens with zero attached hydrogens (tertiary/aromatic N) is 2. The molecule has 22 heavy (non-hydrogen) atoms. The lowest BCUT2D eigenvalue weighted by Gasteiger charge is -2.04. The molecule has 0 saturated carbocycles. The smallest absolute Gasteiger partial charge is 0.139 e. The second-order valence-electron chi connectivity index (χ2n) is 5.47. The topological polar surface area (TPSA) is 57.4 Å². The van der Waals surface area contributed by atoms with E-state index in [1.807, 2.05) is 18.3 Å². The molecule has 4 nitrogen and oxygen atoms in total. The van der Waals surface area contributed by atoms with Gasteiger partial charge in [0.1, 0.15) is 11.6 Å². The summed E-state index contributed by atoms with van der Waals surface area (Å²) in [5.74, 6) is 1.72. The molecule has 0 spiro atoms. The largest absolute Gasteiger partial charge is 0.345 e. The number of benzene rings is 2. The number of rotatable bonds is 2. The fourth-order valence-corrected chi connectivity index (χ4v) is 2.76. The molecule has 4 rings (SSSR count). The number of hydrogen-bond acceptors (Lipinski definition) is 2. The molecular formula is C18H16N4. The lowest BCUT2D eigenvalue weighted by Crippen LogP contribution is -1.88. The van der Waals surface area contributed by atoms with Crippen LogP contribution in [0.3, 0.4) is 0 Å². The first-order valence-electron chi connectivity index (χ1n) is 7.29. The van der Waals surface area contributed by atoms with Crippen molar-refractivity contribution >= 4 is 11.0 Å². The first-order valence-corrected chi connectivity index (χ1v) is 7.29. The first kappa shape index (κ1) is 12.8. The highest BCUT2D eigenvalue weighted by atomic mass is 14.9. The summed E-state index contributed by atoms with van der Waals surface area (Å²) in [6.07, 6.45) is 3.59. The number of aromatic nitrogens is 4. The van der Waals surface area contributed by atoms with Gasteiger partial charge in [0, 0.05) is 23.5 Å². The Hall–Kier alpha value is -2.88. The van der Waals surface area contributed by atoms with E-state index in [1.165, 1.54) is 11.1 Å². The van der Waals surface area contributed by atoms with Gasteiger partial charge in [0.05, 0.1) is 11.0 Å². The molecule has 4 heteroatoms. The number of aromatic amines is 2. The summed E-state index contributed by atoms with van der Waals surface area (Å²) in [6.45, 7) is 4.24. The summed E-state index contributed by atoms with van der Waals surface area (Å²) in [4.78, 5) is 15.8. The van der Waals surface area contributed by atoms with Gasteiger partial charge in [0.15, 0.2) is 0 Å². The highest BCUT2D eigenvalue weighted by molar-refractivity contribution is 5.86. The summed E-state index contributed by atoms with van der Waals surface area (Å²) < 4.78 is 0. The van der Waals surface area contributed by atoms with Gasteiger partial charge in [-0.2, -0.15) is 0 Å². The number of imidazole rings is 2.